The molecule has 7 nitrogen and oxygen atoms in total. The second-order valence-corrected chi connectivity index (χ2v) is 8.25. The van der Waals surface area contributed by atoms with E-state index < -0.39 is 6.04 Å². The molecule has 2 aliphatic rings. The van der Waals surface area contributed by atoms with E-state index in [1.54, 1.807) is 19.1 Å². The summed E-state index contributed by atoms with van der Waals surface area (Å²) < 4.78 is 16.1. The molecule has 170 valence electrons. The van der Waals surface area contributed by atoms with Crippen LogP contribution >= 0.6 is 11.6 Å². The second kappa shape index (κ2) is 10.2. The maximum Gasteiger partial charge on any atom is 0.328 e. The van der Waals surface area contributed by atoms with E-state index in [9.17, 15) is 9.59 Å². The van der Waals surface area contributed by atoms with Crippen LogP contribution in [0, 0.1) is 0 Å². The molecular formula is C24H27ClN2O5. The van der Waals surface area contributed by atoms with Gasteiger partial charge in [0.1, 0.15) is 6.04 Å². The lowest BCUT2D eigenvalue weighted by Gasteiger charge is -2.38. The first-order valence-corrected chi connectivity index (χ1v) is 11.3. The predicted molar refractivity (Wildman–Crippen MR) is 120 cm³/mol. The van der Waals surface area contributed by atoms with Gasteiger partial charge in [0.05, 0.1) is 6.61 Å². The Morgan fingerprint density at radius 1 is 1.03 bits per heavy atom. The monoisotopic (exact) mass is 458 g/mol. The number of esters is 1. The number of carbonyl (C=O) groups is 2. The van der Waals surface area contributed by atoms with Crippen molar-refractivity contribution in [3.8, 4) is 11.5 Å². The third kappa shape index (κ3) is 5.16. The molecule has 0 radical (unpaired) electrons. The minimum absolute atomic E-state index is 0.112. The Labute approximate surface area is 192 Å². The summed E-state index contributed by atoms with van der Waals surface area (Å²) in [7, 11) is 0. The fourth-order valence-electron chi connectivity index (χ4n) is 4.10. The Balaban J connectivity index is 1.33. The summed E-state index contributed by atoms with van der Waals surface area (Å²) in [4.78, 5) is 29.4. The van der Waals surface area contributed by atoms with Crippen molar-refractivity contribution in [2.75, 3.05) is 39.6 Å². The summed E-state index contributed by atoms with van der Waals surface area (Å²) in [5.74, 6) is 1.31. The maximum atomic E-state index is 12.8. The number of nitrogens with zero attached hydrogens (tertiary/aromatic N) is 2. The van der Waals surface area contributed by atoms with Crippen LogP contribution in [0.15, 0.2) is 42.5 Å². The predicted octanol–water partition coefficient (Wildman–Crippen LogP) is 3.45. The minimum Gasteiger partial charge on any atom is -0.465 e. The normalized spacial score (nSPS) is 16.6. The van der Waals surface area contributed by atoms with Gasteiger partial charge in [-0.2, -0.15) is 0 Å². The zero-order valence-electron chi connectivity index (χ0n) is 18.1. The number of aryl methyl sites for hydroxylation is 1. The Morgan fingerprint density at radius 3 is 2.47 bits per heavy atom. The number of ether oxygens (including phenoxy) is 3. The van der Waals surface area contributed by atoms with Crippen LogP contribution in [0.2, 0.25) is 5.02 Å². The molecule has 4 rings (SSSR count). The largest absolute Gasteiger partial charge is 0.465 e. The van der Waals surface area contributed by atoms with Crippen LogP contribution in [0.1, 0.15) is 30.5 Å². The maximum absolute atomic E-state index is 12.8. The summed E-state index contributed by atoms with van der Waals surface area (Å²) in [5.41, 5.74) is 1.89. The van der Waals surface area contributed by atoms with Crippen molar-refractivity contribution in [3.05, 3.63) is 58.6 Å². The van der Waals surface area contributed by atoms with E-state index in [0.717, 1.165) is 22.6 Å². The van der Waals surface area contributed by atoms with Crippen LogP contribution in [-0.2, 0) is 20.7 Å². The number of rotatable bonds is 7. The van der Waals surface area contributed by atoms with Crippen LogP contribution < -0.4 is 9.47 Å². The van der Waals surface area contributed by atoms with Crippen LogP contribution in [0.3, 0.4) is 0 Å². The van der Waals surface area contributed by atoms with Crippen molar-refractivity contribution in [1.29, 1.82) is 0 Å². The van der Waals surface area contributed by atoms with Gasteiger partial charge in [-0.15, -0.1) is 0 Å². The molecule has 1 amide bonds. The molecule has 0 spiro atoms. The number of hydrogen-bond acceptors (Lipinski definition) is 6. The van der Waals surface area contributed by atoms with Crippen molar-refractivity contribution >= 4 is 23.5 Å². The molecule has 0 N–H and O–H groups in total. The molecule has 0 saturated carbocycles. The number of piperazine rings is 1. The van der Waals surface area contributed by atoms with Crippen LogP contribution in [0.4, 0.5) is 0 Å². The van der Waals surface area contributed by atoms with Gasteiger partial charge in [0.2, 0.25) is 12.7 Å². The van der Waals surface area contributed by atoms with Crippen molar-refractivity contribution in [2.45, 2.75) is 25.8 Å². The molecular weight excluding hydrogens is 432 g/mol. The molecule has 2 aliphatic heterocycles. The standard InChI is InChI=1S/C24H27ClN2O5/c1-2-30-24(29)23(18-5-7-19(25)8-6-18)27-13-11-26(12-14-27)22(28)10-4-17-3-9-20-21(15-17)32-16-31-20/h3,5-9,15,23H,2,4,10-14,16H2,1H3/t23-/m0/s1. The summed E-state index contributed by atoms with van der Waals surface area (Å²) in [6.45, 7) is 4.70. The summed E-state index contributed by atoms with van der Waals surface area (Å²) in [6.07, 6.45) is 1.07. The lowest BCUT2D eigenvalue weighted by molar-refractivity contribution is -0.151. The fraction of sp³-hybridized carbons (Fsp3) is 0.417. The zero-order valence-corrected chi connectivity index (χ0v) is 18.8. The van der Waals surface area contributed by atoms with Gasteiger partial charge in [0.25, 0.3) is 0 Å². The zero-order chi connectivity index (χ0) is 22.5. The van der Waals surface area contributed by atoms with Gasteiger partial charge in [-0.1, -0.05) is 29.8 Å². The fourth-order valence-corrected chi connectivity index (χ4v) is 4.22. The van der Waals surface area contributed by atoms with Crippen molar-refractivity contribution in [1.82, 2.24) is 9.80 Å². The molecule has 8 heteroatoms. The van der Waals surface area contributed by atoms with Gasteiger partial charge < -0.3 is 19.1 Å². The first-order valence-electron chi connectivity index (χ1n) is 10.9. The molecule has 1 fully saturated rings. The molecule has 0 aliphatic carbocycles. The SMILES string of the molecule is CCOC(=O)[C@H](c1ccc(Cl)cc1)N1CCN(C(=O)CCc2ccc3c(c2)OCO3)CC1. The number of fused-ring (bicyclic) bond motifs is 1. The van der Waals surface area contributed by atoms with Crippen molar-refractivity contribution in [3.63, 3.8) is 0 Å². The molecule has 0 bridgehead atoms. The Kier molecular flexibility index (Phi) is 7.17. The number of benzene rings is 2. The topological polar surface area (TPSA) is 68.3 Å². The van der Waals surface area contributed by atoms with E-state index in [2.05, 4.69) is 4.90 Å². The molecule has 1 atom stereocenters. The first-order chi connectivity index (χ1) is 15.5. The lowest BCUT2D eigenvalue weighted by Crippen LogP contribution is -2.51. The third-order valence-electron chi connectivity index (χ3n) is 5.79. The second-order valence-electron chi connectivity index (χ2n) is 7.81. The lowest BCUT2D eigenvalue weighted by atomic mass is 10.0. The number of carbonyl (C=O) groups excluding carboxylic acids is 2. The molecule has 2 aromatic carbocycles. The van der Waals surface area contributed by atoms with E-state index in [1.807, 2.05) is 35.2 Å². The smallest absolute Gasteiger partial charge is 0.328 e. The highest BCUT2D eigenvalue weighted by Crippen LogP contribution is 2.33. The Hall–Kier alpha value is -2.77. The highest BCUT2D eigenvalue weighted by atomic mass is 35.5. The van der Waals surface area contributed by atoms with E-state index >= 15 is 0 Å². The van der Waals surface area contributed by atoms with E-state index in [-0.39, 0.29) is 18.7 Å². The summed E-state index contributed by atoms with van der Waals surface area (Å²) in [6, 6.07) is 12.5. The van der Waals surface area contributed by atoms with Gasteiger partial charge in [0.15, 0.2) is 11.5 Å². The van der Waals surface area contributed by atoms with E-state index in [0.29, 0.717) is 50.7 Å². The van der Waals surface area contributed by atoms with Gasteiger partial charge in [0, 0.05) is 37.6 Å². The van der Waals surface area contributed by atoms with Crippen LogP contribution in [-0.4, -0.2) is 61.3 Å². The van der Waals surface area contributed by atoms with E-state index in [4.69, 9.17) is 25.8 Å². The van der Waals surface area contributed by atoms with Crippen molar-refractivity contribution < 1.29 is 23.8 Å². The van der Waals surface area contributed by atoms with Gasteiger partial charge in [-0.25, -0.2) is 4.79 Å². The quantitative estimate of drug-likeness (QED) is 0.592. The molecule has 1 saturated heterocycles. The van der Waals surface area contributed by atoms with Crippen LogP contribution in [0.25, 0.3) is 0 Å². The third-order valence-corrected chi connectivity index (χ3v) is 6.04. The van der Waals surface area contributed by atoms with Crippen molar-refractivity contribution in [2.24, 2.45) is 0 Å². The minimum atomic E-state index is -0.502. The highest BCUT2D eigenvalue weighted by molar-refractivity contribution is 6.30. The Bertz CT molecular complexity index is 957. The molecule has 2 heterocycles. The number of hydrogen-bond donors (Lipinski definition) is 0. The summed E-state index contributed by atoms with van der Waals surface area (Å²) >= 11 is 6.01. The molecule has 2 aromatic rings. The van der Waals surface area contributed by atoms with Gasteiger partial charge in [-0.3, -0.25) is 9.69 Å². The number of amides is 1. The highest BCUT2D eigenvalue weighted by Gasteiger charge is 2.32. The Morgan fingerprint density at radius 2 is 1.75 bits per heavy atom. The average Bonchev–Trinajstić information content (AvgIpc) is 3.27. The van der Waals surface area contributed by atoms with Gasteiger partial charge >= 0.3 is 5.97 Å². The summed E-state index contributed by atoms with van der Waals surface area (Å²) in [5, 5.41) is 0.620. The molecule has 0 unspecified atom stereocenters. The average molecular weight is 459 g/mol. The number of halogens is 1. The molecule has 0 aromatic heterocycles. The first kappa shape index (κ1) is 22.4. The van der Waals surface area contributed by atoms with Crippen LogP contribution in [0.5, 0.6) is 11.5 Å². The molecule has 32 heavy (non-hydrogen) atoms. The van der Waals surface area contributed by atoms with Gasteiger partial charge in [-0.05, 0) is 48.7 Å². The van der Waals surface area contributed by atoms with E-state index in [1.165, 1.54) is 0 Å².